The van der Waals surface area contributed by atoms with Gasteiger partial charge in [-0.1, -0.05) is 11.6 Å². The summed E-state index contributed by atoms with van der Waals surface area (Å²) in [7, 11) is 0. The van der Waals surface area contributed by atoms with Crippen LogP contribution in [0, 0.1) is 5.82 Å². The van der Waals surface area contributed by atoms with E-state index in [1.54, 1.807) is 0 Å². The van der Waals surface area contributed by atoms with Crippen LogP contribution in [0.25, 0.3) is 0 Å². The Balaban J connectivity index is 0.00000121. The van der Waals surface area contributed by atoms with Gasteiger partial charge >= 0.3 is 29.6 Å². The van der Waals surface area contributed by atoms with Crippen LogP contribution in [0.2, 0.25) is 5.02 Å². The van der Waals surface area contributed by atoms with E-state index >= 15 is 0 Å². The van der Waals surface area contributed by atoms with E-state index < -0.39 is 11.8 Å². The van der Waals surface area contributed by atoms with E-state index in [0.29, 0.717) is 0 Å². The van der Waals surface area contributed by atoms with Crippen molar-refractivity contribution in [3.8, 4) is 0 Å². The zero-order valence-electron chi connectivity index (χ0n) is 6.30. The van der Waals surface area contributed by atoms with Crippen LogP contribution in [0.15, 0.2) is 18.2 Å². The minimum Gasteiger partial charge on any atom is -0.545 e. The molecule has 1 aromatic rings. The Morgan fingerprint density at radius 2 is 2.08 bits per heavy atom. The van der Waals surface area contributed by atoms with Crippen LogP contribution < -0.4 is 34.7 Å². The van der Waals surface area contributed by atoms with Gasteiger partial charge in [-0.3, -0.25) is 0 Å². The molecular weight excluding hydrogens is 194 g/mol. The number of rotatable bonds is 1. The molecule has 0 saturated heterocycles. The predicted molar refractivity (Wildman–Crippen MR) is 35.7 cm³/mol. The van der Waals surface area contributed by atoms with E-state index in [0.717, 1.165) is 12.1 Å². The summed E-state index contributed by atoms with van der Waals surface area (Å²) < 4.78 is 12.4. The summed E-state index contributed by atoms with van der Waals surface area (Å²) in [6, 6.07) is 3.06. The van der Waals surface area contributed by atoms with Crippen molar-refractivity contribution in [3.63, 3.8) is 0 Å². The predicted octanol–water partition coefficient (Wildman–Crippen LogP) is -2.15. The first-order chi connectivity index (χ1) is 5.11. The van der Waals surface area contributed by atoms with Crippen LogP contribution in [0.4, 0.5) is 4.39 Å². The van der Waals surface area contributed by atoms with Crippen molar-refractivity contribution >= 4 is 17.6 Å². The van der Waals surface area contributed by atoms with Gasteiger partial charge < -0.3 is 9.90 Å². The fraction of sp³-hybridized carbons (Fsp3) is 0. The molecule has 0 spiro atoms. The Morgan fingerprint density at radius 3 is 2.50 bits per heavy atom. The monoisotopic (exact) mass is 196 g/mol. The summed E-state index contributed by atoms with van der Waals surface area (Å²) in [6.45, 7) is 0. The van der Waals surface area contributed by atoms with E-state index in [1.807, 2.05) is 0 Å². The topological polar surface area (TPSA) is 40.1 Å². The van der Waals surface area contributed by atoms with Gasteiger partial charge in [0.05, 0.1) is 5.97 Å². The van der Waals surface area contributed by atoms with Gasteiger partial charge in [0.1, 0.15) is 5.82 Å². The van der Waals surface area contributed by atoms with Gasteiger partial charge in [-0.05, 0) is 18.2 Å². The SMILES string of the molecule is O=C([O-])c1cc(F)ccc1Cl.[Na+]. The summed E-state index contributed by atoms with van der Waals surface area (Å²) in [5, 5.41) is 10.2. The van der Waals surface area contributed by atoms with E-state index in [4.69, 9.17) is 11.6 Å². The third kappa shape index (κ3) is 2.75. The molecule has 0 N–H and O–H groups in total. The zero-order chi connectivity index (χ0) is 8.43. The molecule has 0 heterocycles. The molecule has 1 rings (SSSR count). The normalized spacial score (nSPS) is 8.83. The molecule has 0 saturated carbocycles. The quantitative estimate of drug-likeness (QED) is 0.481. The number of carboxylic acids is 1. The molecule has 0 amide bonds. The smallest absolute Gasteiger partial charge is 0.545 e. The molecule has 0 unspecified atom stereocenters. The number of carboxylic acid groups (broad SMARTS) is 1. The Labute approximate surface area is 95.6 Å². The number of halogens is 2. The molecule has 2 nitrogen and oxygen atoms in total. The van der Waals surface area contributed by atoms with Crippen molar-refractivity contribution in [1.82, 2.24) is 0 Å². The van der Waals surface area contributed by atoms with Crippen molar-refractivity contribution in [2.24, 2.45) is 0 Å². The second-order valence-corrected chi connectivity index (χ2v) is 2.32. The fourth-order valence-corrected chi connectivity index (χ4v) is 0.849. The molecule has 0 radical (unpaired) electrons. The fourth-order valence-electron chi connectivity index (χ4n) is 0.654. The Bertz CT molecular complexity index is 303. The molecule has 58 valence electrons. The van der Waals surface area contributed by atoms with Crippen molar-refractivity contribution in [3.05, 3.63) is 34.6 Å². The van der Waals surface area contributed by atoms with E-state index in [1.165, 1.54) is 6.07 Å². The average molecular weight is 197 g/mol. The largest absolute Gasteiger partial charge is 1.00 e. The van der Waals surface area contributed by atoms with Crippen LogP contribution in [-0.2, 0) is 0 Å². The maximum atomic E-state index is 12.4. The van der Waals surface area contributed by atoms with Crippen LogP contribution >= 0.6 is 11.6 Å². The van der Waals surface area contributed by atoms with Gasteiger partial charge in [-0.25, -0.2) is 4.39 Å². The number of benzene rings is 1. The van der Waals surface area contributed by atoms with Crippen molar-refractivity contribution < 1.29 is 43.8 Å². The number of carbonyl (C=O) groups excluding carboxylic acids is 1. The molecule has 0 atom stereocenters. The third-order valence-electron chi connectivity index (χ3n) is 1.15. The molecule has 0 aliphatic rings. The molecule has 0 aliphatic heterocycles. The summed E-state index contributed by atoms with van der Waals surface area (Å²) in [5.74, 6) is -2.12. The van der Waals surface area contributed by atoms with E-state index in [2.05, 4.69) is 0 Å². The van der Waals surface area contributed by atoms with Gasteiger partial charge in [0.15, 0.2) is 0 Å². The van der Waals surface area contributed by atoms with E-state index in [9.17, 15) is 14.3 Å². The van der Waals surface area contributed by atoms with Crippen molar-refractivity contribution in [1.29, 1.82) is 0 Å². The average Bonchev–Trinajstić information content (AvgIpc) is 1.94. The maximum Gasteiger partial charge on any atom is 1.00 e. The molecule has 0 aromatic heterocycles. The second kappa shape index (κ2) is 4.82. The molecule has 0 bridgehead atoms. The molecule has 1 aromatic carbocycles. The minimum absolute atomic E-state index is 0. The van der Waals surface area contributed by atoms with Crippen LogP contribution in [0.3, 0.4) is 0 Å². The first-order valence-electron chi connectivity index (χ1n) is 2.77. The second-order valence-electron chi connectivity index (χ2n) is 1.91. The zero-order valence-corrected chi connectivity index (χ0v) is 9.06. The summed E-state index contributed by atoms with van der Waals surface area (Å²) in [5.41, 5.74) is -0.327. The van der Waals surface area contributed by atoms with Gasteiger partial charge in [0.2, 0.25) is 0 Å². The Hall–Kier alpha value is -0.0900. The minimum atomic E-state index is -1.48. The van der Waals surface area contributed by atoms with Gasteiger partial charge in [0.25, 0.3) is 0 Å². The van der Waals surface area contributed by atoms with Gasteiger partial charge in [-0.2, -0.15) is 0 Å². The first-order valence-corrected chi connectivity index (χ1v) is 3.15. The summed E-state index contributed by atoms with van der Waals surface area (Å²) in [4.78, 5) is 10.2. The standard InChI is InChI=1S/C7H4ClFO2.Na/c8-6-2-1-4(9)3-5(6)7(10)11;/h1-3H,(H,10,11);/q;+1/p-1. The van der Waals surface area contributed by atoms with E-state index in [-0.39, 0.29) is 40.1 Å². The maximum absolute atomic E-state index is 12.4. The number of carbonyl (C=O) groups is 1. The van der Waals surface area contributed by atoms with Crippen molar-refractivity contribution in [2.75, 3.05) is 0 Å². The molecule has 5 heteroatoms. The van der Waals surface area contributed by atoms with Crippen LogP contribution in [0.5, 0.6) is 0 Å². The van der Waals surface area contributed by atoms with Crippen molar-refractivity contribution in [2.45, 2.75) is 0 Å². The molecular formula is C7H3ClFNaO2. The number of aromatic carboxylic acids is 1. The van der Waals surface area contributed by atoms with Gasteiger partial charge in [0, 0.05) is 10.6 Å². The third-order valence-corrected chi connectivity index (χ3v) is 1.48. The first kappa shape index (κ1) is 11.9. The van der Waals surface area contributed by atoms with Crippen LogP contribution in [-0.4, -0.2) is 5.97 Å². The number of hydrogen-bond donors (Lipinski definition) is 0. The summed E-state index contributed by atoms with van der Waals surface area (Å²) in [6.07, 6.45) is 0. The number of hydrogen-bond acceptors (Lipinski definition) is 2. The Kier molecular flexibility index (Phi) is 4.78. The molecule has 12 heavy (non-hydrogen) atoms. The molecule has 0 fully saturated rings. The van der Waals surface area contributed by atoms with Gasteiger partial charge in [-0.15, -0.1) is 0 Å². The summed E-state index contributed by atoms with van der Waals surface area (Å²) >= 11 is 5.40. The van der Waals surface area contributed by atoms with Crippen LogP contribution in [0.1, 0.15) is 10.4 Å². The Morgan fingerprint density at radius 1 is 1.50 bits per heavy atom. The molecule has 0 aliphatic carbocycles.